The van der Waals surface area contributed by atoms with E-state index in [9.17, 15) is 14.4 Å². The largest absolute Gasteiger partial charge is 0.423 e. The summed E-state index contributed by atoms with van der Waals surface area (Å²) in [5.74, 6) is -1.22. The normalized spacial score (nSPS) is 10.5. The number of fused-ring (bicyclic) bond motifs is 1. The number of hydrogen-bond donors (Lipinski definition) is 0. The summed E-state index contributed by atoms with van der Waals surface area (Å²) in [7, 11) is 0. The number of esters is 2. The average Bonchev–Trinajstić information content (AvgIpc) is 2.41. The van der Waals surface area contributed by atoms with E-state index in [2.05, 4.69) is 0 Å². The number of benzene rings is 1. The van der Waals surface area contributed by atoms with E-state index in [0.717, 1.165) is 5.56 Å². The molecule has 0 saturated heterocycles. The van der Waals surface area contributed by atoms with Gasteiger partial charge in [0, 0.05) is 24.8 Å². The molecule has 0 aliphatic heterocycles. The first-order valence-corrected chi connectivity index (χ1v) is 6.81. The summed E-state index contributed by atoms with van der Waals surface area (Å²) in [6.07, 6.45) is 0.526. The summed E-state index contributed by atoms with van der Waals surface area (Å²) in [6.45, 7) is 6.08. The van der Waals surface area contributed by atoms with Crippen molar-refractivity contribution < 1.29 is 23.5 Å². The highest BCUT2D eigenvalue weighted by Gasteiger charge is 2.20. The van der Waals surface area contributed by atoms with Crippen molar-refractivity contribution in [1.82, 2.24) is 0 Å². The van der Waals surface area contributed by atoms with Crippen molar-refractivity contribution in [3.63, 3.8) is 0 Å². The Labute approximate surface area is 126 Å². The minimum Gasteiger partial charge on any atom is -0.423 e. The summed E-state index contributed by atoms with van der Waals surface area (Å²) in [5, 5.41) is 0.628. The number of aryl methyl sites for hydroxylation is 1. The second-order valence-electron chi connectivity index (χ2n) is 4.80. The smallest absolute Gasteiger partial charge is 0.339 e. The molecule has 2 aromatic rings. The van der Waals surface area contributed by atoms with Crippen LogP contribution >= 0.6 is 0 Å². The highest BCUT2D eigenvalue weighted by atomic mass is 16.6. The SMILES string of the molecule is CCc1c(C)c2ccc(OC(C)=O)c(OC(C)=O)c2oc1=O. The standard InChI is InChI=1S/C16H16O6/c1-5-11-8(2)12-6-7-13(20-9(3)17)15(21-10(4)18)14(12)22-16(11)19/h6-7H,5H2,1-4H3. The molecular formula is C16H16O6. The molecule has 1 aromatic carbocycles. The van der Waals surface area contributed by atoms with Gasteiger partial charge in [0.05, 0.1) is 0 Å². The van der Waals surface area contributed by atoms with Crippen molar-refractivity contribution in [3.8, 4) is 11.5 Å². The van der Waals surface area contributed by atoms with Crippen molar-refractivity contribution in [2.45, 2.75) is 34.1 Å². The van der Waals surface area contributed by atoms with Crippen molar-refractivity contribution in [2.75, 3.05) is 0 Å². The molecule has 6 nitrogen and oxygen atoms in total. The van der Waals surface area contributed by atoms with Gasteiger partial charge in [0.1, 0.15) is 0 Å². The molecule has 0 bridgehead atoms. The molecule has 0 saturated carbocycles. The minimum absolute atomic E-state index is 0.0296. The van der Waals surface area contributed by atoms with Gasteiger partial charge >= 0.3 is 17.6 Å². The van der Waals surface area contributed by atoms with E-state index in [1.807, 2.05) is 6.92 Å². The molecule has 116 valence electrons. The Kier molecular flexibility index (Phi) is 4.30. The van der Waals surface area contributed by atoms with E-state index in [1.54, 1.807) is 13.0 Å². The van der Waals surface area contributed by atoms with Crippen LogP contribution in [0.5, 0.6) is 11.5 Å². The monoisotopic (exact) mass is 304 g/mol. The first-order chi connectivity index (χ1) is 10.3. The Hall–Kier alpha value is -2.63. The lowest BCUT2D eigenvalue weighted by Gasteiger charge is -2.12. The molecule has 0 unspecified atom stereocenters. The van der Waals surface area contributed by atoms with Crippen LogP contribution in [0.15, 0.2) is 21.3 Å². The van der Waals surface area contributed by atoms with Crippen LogP contribution in [0, 0.1) is 6.92 Å². The molecule has 0 radical (unpaired) electrons. The molecule has 0 fully saturated rings. The van der Waals surface area contributed by atoms with Gasteiger partial charge in [0.15, 0.2) is 11.3 Å². The molecular weight excluding hydrogens is 288 g/mol. The van der Waals surface area contributed by atoms with Gasteiger partial charge < -0.3 is 13.9 Å². The highest BCUT2D eigenvalue weighted by Crippen LogP contribution is 2.37. The number of hydrogen-bond acceptors (Lipinski definition) is 6. The third kappa shape index (κ3) is 2.86. The molecule has 0 N–H and O–H groups in total. The second-order valence-corrected chi connectivity index (χ2v) is 4.80. The number of rotatable bonds is 3. The zero-order chi connectivity index (χ0) is 16.4. The van der Waals surface area contributed by atoms with Crippen LogP contribution < -0.4 is 15.1 Å². The summed E-state index contributed by atoms with van der Waals surface area (Å²) < 4.78 is 15.4. The fourth-order valence-corrected chi connectivity index (χ4v) is 2.30. The van der Waals surface area contributed by atoms with Gasteiger partial charge in [-0.3, -0.25) is 9.59 Å². The Morgan fingerprint density at radius 1 is 1.14 bits per heavy atom. The van der Waals surface area contributed by atoms with Crippen LogP contribution in [0.25, 0.3) is 11.0 Å². The lowest BCUT2D eigenvalue weighted by molar-refractivity contribution is -0.134. The Morgan fingerprint density at radius 2 is 1.77 bits per heavy atom. The average molecular weight is 304 g/mol. The first-order valence-electron chi connectivity index (χ1n) is 6.81. The lowest BCUT2D eigenvalue weighted by atomic mass is 10.0. The van der Waals surface area contributed by atoms with Gasteiger partial charge in [-0.25, -0.2) is 4.79 Å². The maximum absolute atomic E-state index is 12.0. The van der Waals surface area contributed by atoms with Crippen LogP contribution in [0.4, 0.5) is 0 Å². The van der Waals surface area contributed by atoms with E-state index in [-0.39, 0.29) is 17.1 Å². The minimum atomic E-state index is -0.610. The van der Waals surface area contributed by atoms with Crippen LogP contribution in [-0.2, 0) is 16.0 Å². The molecule has 0 aliphatic carbocycles. The van der Waals surface area contributed by atoms with Gasteiger partial charge in [-0.05, 0) is 31.0 Å². The Bertz CT molecular complexity index is 815. The van der Waals surface area contributed by atoms with E-state index in [0.29, 0.717) is 17.4 Å². The van der Waals surface area contributed by atoms with E-state index in [1.165, 1.54) is 19.9 Å². The molecule has 0 amide bonds. The first kappa shape index (κ1) is 15.8. The lowest BCUT2D eigenvalue weighted by Crippen LogP contribution is -2.12. The summed E-state index contributed by atoms with van der Waals surface area (Å²) in [6, 6.07) is 3.17. The zero-order valence-electron chi connectivity index (χ0n) is 12.8. The third-order valence-electron chi connectivity index (χ3n) is 3.23. The molecule has 0 aliphatic rings. The van der Waals surface area contributed by atoms with Gasteiger partial charge in [-0.1, -0.05) is 6.92 Å². The summed E-state index contributed by atoms with van der Waals surface area (Å²) in [5.41, 5.74) is 0.896. The van der Waals surface area contributed by atoms with Gasteiger partial charge in [0.2, 0.25) is 5.75 Å². The molecule has 6 heteroatoms. The van der Waals surface area contributed by atoms with Crippen molar-refractivity contribution >= 4 is 22.9 Å². The molecule has 0 atom stereocenters. The van der Waals surface area contributed by atoms with Crippen molar-refractivity contribution in [2.24, 2.45) is 0 Å². The van der Waals surface area contributed by atoms with E-state index < -0.39 is 17.6 Å². The van der Waals surface area contributed by atoms with Gasteiger partial charge in [0.25, 0.3) is 0 Å². The molecule has 1 aromatic heterocycles. The predicted molar refractivity (Wildman–Crippen MR) is 79.2 cm³/mol. The maximum Gasteiger partial charge on any atom is 0.339 e. The number of ether oxygens (including phenoxy) is 2. The van der Waals surface area contributed by atoms with Crippen LogP contribution in [0.3, 0.4) is 0 Å². The van der Waals surface area contributed by atoms with E-state index in [4.69, 9.17) is 13.9 Å². The van der Waals surface area contributed by atoms with Gasteiger partial charge in [-0.15, -0.1) is 0 Å². The summed E-state index contributed by atoms with van der Waals surface area (Å²) in [4.78, 5) is 34.5. The maximum atomic E-state index is 12.0. The molecule has 1 heterocycles. The third-order valence-corrected chi connectivity index (χ3v) is 3.23. The quantitative estimate of drug-likeness (QED) is 0.492. The van der Waals surface area contributed by atoms with E-state index >= 15 is 0 Å². The van der Waals surface area contributed by atoms with Crippen LogP contribution in [-0.4, -0.2) is 11.9 Å². The molecule has 22 heavy (non-hydrogen) atoms. The van der Waals surface area contributed by atoms with Crippen molar-refractivity contribution in [3.05, 3.63) is 33.7 Å². The van der Waals surface area contributed by atoms with Crippen molar-refractivity contribution in [1.29, 1.82) is 0 Å². The Morgan fingerprint density at radius 3 is 2.32 bits per heavy atom. The van der Waals surface area contributed by atoms with Gasteiger partial charge in [-0.2, -0.15) is 0 Å². The number of carbonyl (C=O) groups is 2. The predicted octanol–water partition coefficient (Wildman–Crippen LogP) is 2.51. The fraction of sp³-hybridized carbons (Fsp3) is 0.312. The van der Waals surface area contributed by atoms with Crippen LogP contribution in [0.2, 0.25) is 0 Å². The zero-order valence-corrected chi connectivity index (χ0v) is 12.8. The fourth-order valence-electron chi connectivity index (χ4n) is 2.30. The highest BCUT2D eigenvalue weighted by molar-refractivity contribution is 5.91. The number of carbonyl (C=O) groups excluding carboxylic acids is 2. The summed E-state index contributed by atoms with van der Waals surface area (Å²) >= 11 is 0. The van der Waals surface area contributed by atoms with Crippen LogP contribution in [0.1, 0.15) is 31.9 Å². The molecule has 2 rings (SSSR count). The Balaban J connectivity index is 2.83. The molecule has 0 spiro atoms. The topological polar surface area (TPSA) is 82.8 Å². The second kappa shape index (κ2) is 6.01.